The van der Waals surface area contributed by atoms with Crippen LogP contribution in [0.25, 0.3) is 0 Å². The van der Waals surface area contributed by atoms with Crippen LogP contribution in [0.4, 0.5) is 8.78 Å². The Balaban J connectivity index is 1.57. The van der Waals surface area contributed by atoms with E-state index in [4.69, 9.17) is 4.74 Å². The molecule has 1 saturated carbocycles. The van der Waals surface area contributed by atoms with Gasteiger partial charge in [-0.2, -0.15) is 0 Å². The standard InChI is InChI=1S/C24H29F2NO4S/c1-15-18(13-20(27-15)24(8-9-24)32(4,29)30)19-14-22(2,10-11-31-19)21(28)16-6-5-7-17(12-16)23(3,25)26/h5-7,12-13,15,19H,8-11,14H2,1-4H3/t15-,19?,22?/m1/s1. The molecular formula is C24H29F2NO4S. The van der Waals surface area contributed by atoms with E-state index in [1.54, 1.807) is 6.07 Å². The summed E-state index contributed by atoms with van der Waals surface area (Å²) in [5.41, 5.74) is 0.773. The lowest BCUT2D eigenvalue weighted by atomic mass is 9.72. The molecule has 1 aliphatic carbocycles. The topological polar surface area (TPSA) is 72.8 Å². The molecule has 2 aliphatic heterocycles. The number of nitrogens with zero attached hydrogens (tertiary/aromatic N) is 1. The Kier molecular flexibility index (Phi) is 5.48. The Bertz CT molecular complexity index is 1120. The smallest absolute Gasteiger partial charge is 0.270 e. The highest BCUT2D eigenvalue weighted by Gasteiger charge is 2.57. The van der Waals surface area contributed by atoms with E-state index in [2.05, 4.69) is 4.99 Å². The van der Waals surface area contributed by atoms with Crippen LogP contribution in [0.15, 0.2) is 40.9 Å². The van der Waals surface area contributed by atoms with Crippen LogP contribution in [0.1, 0.15) is 62.4 Å². The summed E-state index contributed by atoms with van der Waals surface area (Å²) in [6.45, 7) is 4.92. The van der Waals surface area contributed by atoms with E-state index in [1.165, 1.54) is 24.5 Å². The summed E-state index contributed by atoms with van der Waals surface area (Å²) in [7, 11) is -3.27. The van der Waals surface area contributed by atoms with Gasteiger partial charge >= 0.3 is 0 Å². The Labute approximate surface area is 187 Å². The van der Waals surface area contributed by atoms with E-state index in [0.717, 1.165) is 12.5 Å². The van der Waals surface area contributed by atoms with Gasteiger partial charge in [0, 0.05) is 36.3 Å². The van der Waals surface area contributed by atoms with Crippen molar-refractivity contribution in [3.8, 4) is 0 Å². The number of hydrogen-bond acceptors (Lipinski definition) is 5. The van der Waals surface area contributed by atoms with E-state index in [1.807, 2.05) is 19.9 Å². The van der Waals surface area contributed by atoms with Gasteiger partial charge in [-0.1, -0.05) is 25.1 Å². The SMILES string of the molecule is C[C@H]1N=C(C2(S(C)(=O)=O)CC2)C=C1C1CC(C)(C(=O)c2cccc(C(C)(F)F)c2)CCO1. The minimum Gasteiger partial charge on any atom is -0.374 e. The first-order chi connectivity index (χ1) is 14.8. The predicted molar refractivity (Wildman–Crippen MR) is 119 cm³/mol. The van der Waals surface area contributed by atoms with E-state index < -0.39 is 25.9 Å². The Morgan fingerprint density at radius 2 is 1.94 bits per heavy atom. The van der Waals surface area contributed by atoms with Gasteiger partial charge in [-0.3, -0.25) is 9.79 Å². The van der Waals surface area contributed by atoms with Crippen LogP contribution < -0.4 is 0 Å². The molecule has 1 aromatic rings. The van der Waals surface area contributed by atoms with Crippen LogP contribution in [0.3, 0.4) is 0 Å². The molecule has 4 rings (SSSR count). The molecule has 2 unspecified atom stereocenters. The normalized spacial score (nSPS) is 29.9. The van der Waals surface area contributed by atoms with Crippen molar-refractivity contribution in [3.63, 3.8) is 0 Å². The summed E-state index contributed by atoms with van der Waals surface area (Å²) in [6.07, 6.45) is 4.74. The number of ether oxygens (including phenoxy) is 1. The number of sulfone groups is 1. The van der Waals surface area contributed by atoms with Crippen molar-refractivity contribution < 1.29 is 26.7 Å². The van der Waals surface area contributed by atoms with Crippen LogP contribution in [-0.2, 0) is 20.5 Å². The van der Waals surface area contributed by atoms with Crippen molar-refractivity contribution in [2.75, 3.05) is 12.9 Å². The highest BCUT2D eigenvalue weighted by atomic mass is 32.2. The number of alkyl halides is 2. The number of carbonyl (C=O) groups is 1. The molecule has 0 aromatic heterocycles. The predicted octanol–water partition coefficient (Wildman–Crippen LogP) is 4.51. The van der Waals surface area contributed by atoms with Gasteiger partial charge in [0.2, 0.25) is 0 Å². The number of ketones is 1. The second-order valence-corrected chi connectivity index (χ2v) is 12.1. The fourth-order valence-electron chi connectivity index (χ4n) is 4.84. The molecule has 2 fully saturated rings. The molecule has 0 amide bonds. The van der Waals surface area contributed by atoms with Gasteiger partial charge < -0.3 is 4.74 Å². The molecule has 32 heavy (non-hydrogen) atoms. The first-order valence-electron chi connectivity index (χ1n) is 10.9. The fraction of sp³-hybridized carbons (Fsp3) is 0.583. The number of aliphatic imine (C=N–C) groups is 1. The number of hydrogen-bond donors (Lipinski definition) is 0. The van der Waals surface area contributed by atoms with Gasteiger partial charge in [0.25, 0.3) is 5.92 Å². The molecule has 1 saturated heterocycles. The molecule has 0 bridgehead atoms. The first kappa shape index (κ1) is 23.2. The summed E-state index contributed by atoms with van der Waals surface area (Å²) >= 11 is 0. The quantitative estimate of drug-likeness (QED) is 0.580. The number of Topliss-reactive ketones (excluding diaryl/α,β-unsaturated/α-hetero) is 1. The zero-order chi connectivity index (χ0) is 23.5. The van der Waals surface area contributed by atoms with E-state index in [9.17, 15) is 22.0 Å². The van der Waals surface area contributed by atoms with Crippen molar-refractivity contribution in [2.45, 2.75) is 69.3 Å². The zero-order valence-corrected chi connectivity index (χ0v) is 19.6. The largest absolute Gasteiger partial charge is 0.374 e. The molecule has 0 N–H and O–H groups in total. The second kappa shape index (κ2) is 7.55. The van der Waals surface area contributed by atoms with E-state index in [-0.39, 0.29) is 29.1 Å². The third-order valence-corrected chi connectivity index (χ3v) is 9.20. The lowest BCUT2D eigenvalue weighted by molar-refractivity contribution is -0.0167. The average Bonchev–Trinajstić information content (AvgIpc) is 3.44. The highest BCUT2D eigenvalue weighted by molar-refractivity contribution is 7.93. The van der Waals surface area contributed by atoms with Gasteiger partial charge in [-0.15, -0.1) is 0 Å². The monoisotopic (exact) mass is 465 g/mol. The van der Waals surface area contributed by atoms with Crippen molar-refractivity contribution in [2.24, 2.45) is 10.4 Å². The lowest BCUT2D eigenvalue weighted by Gasteiger charge is -2.38. The van der Waals surface area contributed by atoms with Gasteiger partial charge in [0.1, 0.15) is 4.75 Å². The molecule has 0 spiro atoms. The highest BCUT2D eigenvalue weighted by Crippen LogP contribution is 2.48. The molecule has 3 aliphatic rings. The van der Waals surface area contributed by atoms with Gasteiger partial charge in [-0.25, -0.2) is 17.2 Å². The number of benzene rings is 1. The van der Waals surface area contributed by atoms with Gasteiger partial charge in [0.15, 0.2) is 15.6 Å². The third kappa shape index (κ3) is 3.96. The minimum atomic E-state index is -3.27. The van der Waals surface area contributed by atoms with Crippen LogP contribution in [0, 0.1) is 5.41 Å². The van der Waals surface area contributed by atoms with Crippen molar-refractivity contribution in [3.05, 3.63) is 47.0 Å². The molecule has 8 heteroatoms. The Morgan fingerprint density at radius 3 is 2.53 bits per heavy atom. The first-order valence-corrected chi connectivity index (χ1v) is 12.8. The maximum atomic E-state index is 13.8. The molecule has 2 heterocycles. The molecule has 174 valence electrons. The van der Waals surface area contributed by atoms with E-state index >= 15 is 0 Å². The summed E-state index contributed by atoms with van der Waals surface area (Å²) < 4.78 is 57.3. The van der Waals surface area contributed by atoms with Crippen molar-refractivity contribution >= 4 is 21.3 Å². The maximum Gasteiger partial charge on any atom is 0.270 e. The lowest BCUT2D eigenvalue weighted by Crippen LogP contribution is -2.41. The molecule has 0 radical (unpaired) electrons. The number of allylic oxidation sites excluding steroid dienone is 1. The number of halogens is 2. The van der Waals surface area contributed by atoms with Crippen LogP contribution in [-0.4, -0.2) is 49.7 Å². The molecule has 3 atom stereocenters. The van der Waals surface area contributed by atoms with Crippen LogP contribution >= 0.6 is 0 Å². The third-order valence-electron chi connectivity index (χ3n) is 7.16. The molecule has 1 aromatic carbocycles. The maximum absolute atomic E-state index is 13.8. The number of rotatable bonds is 6. The van der Waals surface area contributed by atoms with Crippen LogP contribution in [0.5, 0.6) is 0 Å². The summed E-state index contributed by atoms with van der Waals surface area (Å²) in [5.74, 6) is -3.20. The Hall–Kier alpha value is -1.93. The van der Waals surface area contributed by atoms with Crippen LogP contribution in [0.2, 0.25) is 0 Å². The zero-order valence-electron chi connectivity index (χ0n) is 18.8. The van der Waals surface area contributed by atoms with Gasteiger partial charge in [-0.05, 0) is 50.3 Å². The molecule has 5 nitrogen and oxygen atoms in total. The Morgan fingerprint density at radius 1 is 1.25 bits per heavy atom. The summed E-state index contributed by atoms with van der Waals surface area (Å²) in [5, 5.41) is 0. The number of carbonyl (C=O) groups excluding carboxylic acids is 1. The summed E-state index contributed by atoms with van der Waals surface area (Å²) in [6, 6.07) is 5.44. The van der Waals surface area contributed by atoms with E-state index in [0.29, 0.717) is 38.0 Å². The van der Waals surface area contributed by atoms with Crippen molar-refractivity contribution in [1.29, 1.82) is 0 Å². The minimum absolute atomic E-state index is 0.181. The average molecular weight is 466 g/mol. The summed E-state index contributed by atoms with van der Waals surface area (Å²) in [4.78, 5) is 18.0. The van der Waals surface area contributed by atoms with Crippen molar-refractivity contribution in [1.82, 2.24) is 0 Å². The second-order valence-electron chi connectivity index (χ2n) is 9.77. The fourth-order valence-corrected chi connectivity index (χ4v) is 6.17. The molecular weight excluding hydrogens is 436 g/mol. The van der Waals surface area contributed by atoms with Gasteiger partial charge in [0.05, 0.1) is 17.9 Å².